The van der Waals surface area contributed by atoms with Crippen LogP contribution in [-0.4, -0.2) is 10.9 Å². The Morgan fingerprint density at radius 2 is 1.89 bits per heavy atom. The first-order valence-electron chi connectivity index (χ1n) is 5.78. The summed E-state index contributed by atoms with van der Waals surface area (Å²) in [5.74, 6) is 0.223. The average Bonchev–Trinajstić information content (AvgIpc) is 2.36. The van der Waals surface area contributed by atoms with Crippen molar-refractivity contribution in [1.82, 2.24) is 0 Å². The fraction of sp³-hybridized carbons (Fsp3) is 0.200. The van der Waals surface area contributed by atoms with Crippen LogP contribution in [0.1, 0.15) is 17.2 Å². The number of rotatable bonds is 4. The van der Waals surface area contributed by atoms with Gasteiger partial charge in [-0.2, -0.15) is 0 Å². The van der Waals surface area contributed by atoms with Gasteiger partial charge in [0, 0.05) is 10.6 Å². The largest absolute Gasteiger partial charge is 0.388 e. The molecule has 0 aromatic heterocycles. The van der Waals surface area contributed by atoms with Gasteiger partial charge in [-0.1, -0.05) is 24.3 Å². The Kier molecular flexibility index (Phi) is 4.39. The predicted octanol–water partition coefficient (Wildman–Crippen LogP) is 3.96. The standard InChI is InChI=1S/C15H15FOS/c1-11-7-12(9-13(16)8-11)15(17)10-18-14-5-3-2-4-6-14/h2-9,15,17H,10H2,1H3. The zero-order valence-electron chi connectivity index (χ0n) is 10.1. The van der Waals surface area contributed by atoms with E-state index in [9.17, 15) is 9.50 Å². The number of aliphatic hydroxyl groups is 1. The molecular weight excluding hydrogens is 247 g/mol. The quantitative estimate of drug-likeness (QED) is 0.842. The van der Waals surface area contributed by atoms with Gasteiger partial charge in [0.1, 0.15) is 5.82 Å². The minimum Gasteiger partial charge on any atom is -0.388 e. The van der Waals surface area contributed by atoms with E-state index in [4.69, 9.17) is 0 Å². The molecule has 0 saturated heterocycles. The number of benzene rings is 2. The van der Waals surface area contributed by atoms with Crippen molar-refractivity contribution < 1.29 is 9.50 Å². The van der Waals surface area contributed by atoms with Crippen LogP contribution in [0.4, 0.5) is 4.39 Å². The molecule has 94 valence electrons. The summed E-state index contributed by atoms with van der Waals surface area (Å²) in [4.78, 5) is 1.10. The smallest absolute Gasteiger partial charge is 0.123 e. The molecule has 2 aromatic carbocycles. The van der Waals surface area contributed by atoms with Gasteiger partial charge in [0.15, 0.2) is 0 Å². The molecule has 0 heterocycles. The van der Waals surface area contributed by atoms with E-state index >= 15 is 0 Å². The lowest BCUT2D eigenvalue weighted by Gasteiger charge is -2.11. The third kappa shape index (κ3) is 3.59. The first-order chi connectivity index (χ1) is 8.65. The summed E-state index contributed by atoms with van der Waals surface area (Å²) in [6, 6.07) is 14.5. The lowest BCUT2D eigenvalue weighted by atomic mass is 10.1. The van der Waals surface area contributed by atoms with E-state index in [1.54, 1.807) is 11.8 Å². The zero-order chi connectivity index (χ0) is 13.0. The maximum absolute atomic E-state index is 13.2. The summed E-state index contributed by atoms with van der Waals surface area (Å²) < 4.78 is 13.2. The summed E-state index contributed by atoms with van der Waals surface area (Å²) in [5.41, 5.74) is 1.46. The molecule has 2 rings (SSSR count). The van der Waals surface area contributed by atoms with E-state index in [1.807, 2.05) is 43.3 Å². The Hall–Kier alpha value is -1.32. The molecule has 0 fully saturated rings. The molecule has 0 spiro atoms. The number of hydrogen-bond acceptors (Lipinski definition) is 2. The van der Waals surface area contributed by atoms with E-state index in [-0.39, 0.29) is 5.82 Å². The van der Waals surface area contributed by atoms with Crippen LogP contribution in [0, 0.1) is 12.7 Å². The highest BCUT2D eigenvalue weighted by Crippen LogP contribution is 2.25. The van der Waals surface area contributed by atoms with Crippen molar-refractivity contribution in [2.45, 2.75) is 17.9 Å². The summed E-state index contributed by atoms with van der Waals surface area (Å²) in [7, 11) is 0. The second-order valence-electron chi connectivity index (χ2n) is 4.20. The topological polar surface area (TPSA) is 20.2 Å². The molecule has 1 N–H and O–H groups in total. The average molecular weight is 262 g/mol. The molecule has 0 radical (unpaired) electrons. The first kappa shape index (κ1) is 13.1. The second kappa shape index (κ2) is 6.03. The Morgan fingerprint density at radius 3 is 2.56 bits per heavy atom. The van der Waals surface area contributed by atoms with Crippen LogP contribution < -0.4 is 0 Å². The molecule has 0 aliphatic carbocycles. The maximum atomic E-state index is 13.2. The van der Waals surface area contributed by atoms with E-state index in [0.717, 1.165) is 10.5 Å². The molecule has 0 bridgehead atoms. The summed E-state index contributed by atoms with van der Waals surface area (Å²) >= 11 is 1.56. The van der Waals surface area contributed by atoms with E-state index in [2.05, 4.69) is 0 Å². The minimum absolute atomic E-state index is 0.297. The summed E-state index contributed by atoms with van der Waals surface area (Å²) in [5, 5.41) is 10.0. The number of thioether (sulfide) groups is 1. The predicted molar refractivity (Wildman–Crippen MR) is 73.3 cm³/mol. The number of aryl methyl sites for hydroxylation is 1. The first-order valence-corrected chi connectivity index (χ1v) is 6.77. The van der Waals surface area contributed by atoms with Gasteiger partial charge in [0.05, 0.1) is 6.10 Å². The van der Waals surface area contributed by atoms with Gasteiger partial charge in [-0.25, -0.2) is 4.39 Å². The lowest BCUT2D eigenvalue weighted by Crippen LogP contribution is -2.01. The van der Waals surface area contributed by atoms with Crippen molar-refractivity contribution in [2.75, 3.05) is 5.75 Å². The van der Waals surface area contributed by atoms with Gasteiger partial charge in [-0.05, 0) is 42.3 Å². The highest BCUT2D eigenvalue weighted by atomic mass is 32.2. The van der Waals surface area contributed by atoms with Gasteiger partial charge >= 0.3 is 0 Å². The molecule has 1 unspecified atom stereocenters. The fourth-order valence-corrected chi connectivity index (χ4v) is 2.64. The van der Waals surface area contributed by atoms with Crippen molar-refractivity contribution >= 4 is 11.8 Å². The van der Waals surface area contributed by atoms with Crippen LogP contribution in [0.2, 0.25) is 0 Å². The summed E-state index contributed by atoms with van der Waals surface area (Å²) in [6.45, 7) is 1.82. The third-order valence-electron chi connectivity index (χ3n) is 2.60. The Balaban J connectivity index is 2.01. The van der Waals surface area contributed by atoms with Gasteiger partial charge in [-0.15, -0.1) is 11.8 Å². The van der Waals surface area contributed by atoms with Crippen LogP contribution in [0.5, 0.6) is 0 Å². The molecule has 0 aliphatic rings. The molecule has 0 aliphatic heterocycles. The molecule has 1 atom stereocenters. The zero-order valence-corrected chi connectivity index (χ0v) is 11.0. The molecule has 0 amide bonds. The van der Waals surface area contributed by atoms with Crippen LogP contribution >= 0.6 is 11.8 Å². The van der Waals surface area contributed by atoms with Crippen molar-refractivity contribution in [2.24, 2.45) is 0 Å². The molecule has 2 aromatic rings. The number of halogens is 1. The Morgan fingerprint density at radius 1 is 1.17 bits per heavy atom. The van der Waals surface area contributed by atoms with Gasteiger partial charge in [-0.3, -0.25) is 0 Å². The highest BCUT2D eigenvalue weighted by molar-refractivity contribution is 7.99. The van der Waals surface area contributed by atoms with E-state index in [0.29, 0.717) is 11.3 Å². The van der Waals surface area contributed by atoms with E-state index in [1.165, 1.54) is 12.1 Å². The van der Waals surface area contributed by atoms with Gasteiger partial charge in [0.2, 0.25) is 0 Å². The lowest BCUT2D eigenvalue weighted by molar-refractivity contribution is 0.203. The van der Waals surface area contributed by atoms with Gasteiger partial charge in [0.25, 0.3) is 0 Å². The van der Waals surface area contributed by atoms with Crippen LogP contribution in [0.25, 0.3) is 0 Å². The van der Waals surface area contributed by atoms with E-state index < -0.39 is 6.10 Å². The van der Waals surface area contributed by atoms with Crippen molar-refractivity contribution in [3.8, 4) is 0 Å². The Bertz CT molecular complexity index is 493. The third-order valence-corrected chi connectivity index (χ3v) is 3.69. The fourth-order valence-electron chi connectivity index (χ4n) is 1.75. The number of aliphatic hydroxyl groups excluding tert-OH is 1. The van der Waals surface area contributed by atoms with Crippen LogP contribution in [0.3, 0.4) is 0 Å². The molecule has 18 heavy (non-hydrogen) atoms. The molecule has 1 nitrogen and oxygen atoms in total. The monoisotopic (exact) mass is 262 g/mol. The summed E-state index contributed by atoms with van der Waals surface area (Å²) in [6.07, 6.45) is -0.649. The van der Waals surface area contributed by atoms with Crippen LogP contribution in [-0.2, 0) is 0 Å². The highest BCUT2D eigenvalue weighted by Gasteiger charge is 2.10. The Labute approximate surface area is 111 Å². The van der Waals surface area contributed by atoms with Crippen molar-refractivity contribution in [3.63, 3.8) is 0 Å². The van der Waals surface area contributed by atoms with Gasteiger partial charge < -0.3 is 5.11 Å². The minimum atomic E-state index is -0.649. The molecule has 3 heteroatoms. The molecule has 0 saturated carbocycles. The maximum Gasteiger partial charge on any atom is 0.123 e. The van der Waals surface area contributed by atoms with Crippen LogP contribution in [0.15, 0.2) is 53.4 Å². The van der Waals surface area contributed by atoms with Crippen molar-refractivity contribution in [3.05, 3.63) is 65.5 Å². The second-order valence-corrected chi connectivity index (χ2v) is 5.30. The van der Waals surface area contributed by atoms with Crippen molar-refractivity contribution in [1.29, 1.82) is 0 Å². The molecular formula is C15H15FOS. The normalized spacial score (nSPS) is 12.4. The SMILES string of the molecule is Cc1cc(F)cc(C(O)CSc2ccccc2)c1. The number of hydrogen-bond donors (Lipinski definition) is 1.